The second-order valence-corrected chi connectivity index (χ2v) is 8.29. The smallest absolute Gasteiger partial charge is 0.247 e. The number of carbonyl (C=O) groups is 1. The number of anilines is 2. The minimum absolute atomic E-state index is 0.0314. The number of amides is 1. The van der Waals surface area contributed by atoms with Crippen LogP contribution in [0.5, 0.6) is 0 Å². The number of likely N-dealkylation sites (tertiary alicyclic amines) is 1. The molecule has 0 aliphatic carbocycles. The average Bonchev–Trinajstić information content (AvgIpc) is 3.33. The molecular formula is C21H25N7OS. The van der Waals surface area contributed by atoms with Gasteiger partial charge < -0.3 is 10.2 Å². The van der Waals surface area contributed by atoms with Crippen molar-refractivity contribution in [3.05, 3.63) is 52.7 Å². The molecule has 1 unspecified atom stereocenters. The Bertz CT molecular complexity index is 1070. The molecule has 0 spiro atoms. The molecule has 3 aromatic heterocycles. The van der Waals surface area contributed by atoms with Gasteiger partial charge in [0.1, 0.15) is 5.82 Å². The molecule has 4 rings (SSSR count). The lowest BCUT2D eigenvalue weighted by Gasteiger charge is -2.34. The van der Waals surface area contributed by atoms with Gasteiger partial charge in [-0.3, -0.25) is 9.48 Å². The Morgan fingerprint density at radius 1 is 1.23 bits per heavy atom. The summed E-state index contributed by atoms with van der Waals surface area (Å²) in [6.07, 6.45) is 8.01. The van der Waals surface area contributed by atoms with E-state index in [1.165, 1.54) is 0 Å². The molecule has 156 valence electrons. The van der Waals surface area contributed by atoms with E-state index in [9.17, 15) is 4.79 Å². The molecule has 1 aliphatic heterocycles. The maximum absolute atomic E-state index is 13.0. The first-order valence-electron chi connectivity index (χ1n) is 10.0. The Labute approximate surface area is 179 Å². The van der Waals surface area contributed by atoms with Gasteiger partial charge in [0.05, 0.1) is 17.4 Å². The minimum Gasteiger partial charge on any atom is -0.329 e. The Balaban J connectivity index is 1.56. The minimum atomic E-state index is -0.138. The molecule has 1 atom stereocenters. The number of piperidine rings is 1. The van der Waals surface area contributed by atoms with Gasteiger partial charge in [0.15, 0.2) is 11.0 Å². The highest BCUT2D eigenvalue weighted by Gasteiger charge is 2.29. The van der Waals surface area contributed by atoms with Gasteiger partial charge >= 0.3 is 0 Å². The highest BCUT2D eigenvalue weighted by molar-refractivity contribution is 7.13. The molecule has 4 heterocycles. The van der Waals surface area contributed by atoms with Crippen molar-refractivity contribution in [3.63, 3.8) is 0 Å². The number of nitrogens with one attached hydrogen (secondary N) is 1. The lowest BCUT2D eigenvalue weighted by molar-refractivity contribution is -0.129. The van der Waals surface area contributed by atoms with E-state index >= 15 is 0 Å². The quantitative estimate of drug-likeness (QED) is 0.628. The zero-order valence-corrected chi connectivity index (χ0v) is 18.2. The molecule has 1 amide bonds. The van der Waals surface area contributed by atoms with Gasteiger partial charge in [0, 0.05) is 43.0 Å². The standard InChI is InChI=1S/C21H25N7OS/c1-14-12-18(26-21-24-15(2)13-30-21)25-20(23-14)17-6-4-5-11-28(17)19(29)8-7-16-9-10-22-27(16)3/h7-10,12-13,17H,4-6,11H2,1-3H3,(H,23,24,25,26)/b8-7+. The number of rotatable bonds is 5. The van der Waals surface area contributed by atoms with Crippen LogP contribution in [0.25, 0.3) is 6.08 Å². The zero-order chi connectivity index (χ0) is 21.1. The number of aryl methyl sites for hydroxylation is 3. The van der Waals surface area contributed by atoms with E-state index in [1.807, 2.05) is 43.3 Å². The molecule has 1 aliphatic rings. The summed E-state index contributed by atoms with van der Waals surface area (Å²) in [5.74, 6) is 1.35. The predicted molar refractivity (Wildman–Crippen MR) is 117 cm³/mol. The summed E-state index contributed by atoms with van der Waals surface area (Å²) < 4.78 is 1.74. The van der Waals surface area contributed by atoms with Crippen LogP contribution >= 0.6 is 11.3 Å². The van der Waals surface area contributed by atoms with E-state index < -0.39 is 0 Å². The fourth-order valence-corrected chi connectivity index (χ4v) is 4.28. The van der Waals surface area contributed by atoms with Crippen molar-refractivity contribution in [3.8, 4) is 0 Å². The molecular weight excluding hydrogens is 398 g/mol. The third-order valence-corrected chi connectivity index (χ3v) is 5.94. The third kappa shape index (κ3) is 4.56. The molecule has 3 aromatic rings. The number of nitrogens with zero attached hydrogens (tertiary/aromatic N) is 6. The highest BCUT2D eigenvalue weighted by atomic mass is 32.1. The van der Waals surface area contributed by atoms with Crippen molar-refractivity contribution in [2.45, 2.75) is 39.2 Å². The van der Waals surface area contributed by atoms with Gasteiger partial charge in [0.2, 0.25) is 5.91 Å². The lowest BCUT2D eigenvalue weighted by atomic mass is 10.0. The molecule has 1 saturated heterocycles. The molecule has 1 N–H and O–H groups in total. The largest absolute Gasteiger partial charge is 0.329 e. The predicted octanol–water partition coefficient (Wildman–Crippen LogP) is 3.79. The van der Waals surface area contributed by atoms with E-state index in [0.29, 0.717) is 18.2 Å². The van der Waals surface area contributed by atoms with Crippen LogP contribution in [0.4, 0.5) is 10.9 Å². The third-order valence-electron chi connectivity index (χ3n) is 5.06. The molecule has 1 fully saturated rings. The van der Waals surface area contributed by atoms with Gasteiger partial charge in [-0.1, -0.05) is 0 Å². The second kappa shape index (κ2) is 8.74. The van der Waals surface area contributed by atoms with Crippen LogP contribution in [-0.2, 0) is 11.8 Å². The Hall–Kier alpha value is -3.07. The first-order chi connectivity index (χ1) is 14.5. The summed E-state index contributed by atoms with van der Waals surface area (Å²) in [6.45, 7) is 4.61. The summed E-state index contributed by atoms with van der Waals surface area (Å²) in [6, 6.07) is 3.64. The van der Waals surface area contributed by atoms with Crippen LogP contribution in [0.1, 0.15) is 48.2 Å². The van der Waals surface area contributed by atoms with E-state index in [0.717, 1.165) is 41.5 Å². The molecule has 8 nitrogen and oxygen atoms in total. The van der Waals surface area contributed by atoms with E-state index in [1.54, 1.807) is 34.4 Å². The van der Waals surface area contributed by atoms with E-state index in [2.05, 4.69) is 20.4 Å². The summed E-state index contributed by atoms with van der Waals surface area (Å²) in [7, 11) is 1.85. The van der Waals surface area contributed by atoms with Crippen molar-refractivity contribution < 1.29 is 4.79 Å². The number of hydrogen-bond acceptors (Lipinski definition) is 7. The van der Waals surface area contributed by atoms with Gasteiger partial charge in [-0.05, 0) is 45.3 Å². The molecule has 0 radical (unpaired) electrons. The summed E-state index contributed by atoms with van der Waals surface area (Å²) >= 11 is 1.54. The maximum atomic E-state index is 13.0. The molecule has 30 heavy (non-hydrogen) atoms. The maximum Gasteiger partial charge on any atom is 0.247 e. The Morgan fingerprint density at radius 3 is 2.83 bits per heavy atom. The van der Waals surface area contributed by atoms with Crippen LogP contribution in [0.15, 0.2) is 29.8 Å². The number of aromatic nitrogens is 5. The highest BCUT2D eigenvalue weighted by Crippen LogP contribution is 2.30. The fourth-order valence-electron chi connectivity index (χ4n) is 3.59. The van der Waals surface area contributed by atoms with Crippen molar-refractivity contribution >= 4 is 34.3 Å². The van der Waals surface area contributed by atoms with Crippen LogP contribution in [-0.4, -0.2) is 42.1 Å². The average molecular weight is 424 g/mol. The van der Waals surface area contributed by atoms with Crippen LogP contribution in [0, 0.1) is 13.8 Å². The van der Waals surface area contributed by atoms with Crippen molar-refractivity contribution in [2.24, 2.45) is 7.05 Å². The second-order valence-electron chi connectivity index (χ2n) is 7.43. The van der Waals surface area contributed by atoms with Crippen molar-refractivity contribution in [1.29, 1.82) is 0 Å². The molecule has 0 bridgehead atoms. The summed E-state index contributed by atoms with van der Waals surface area (Å²) in [4.78, 5) is 28.7. The van der Waals surface area contributed by atoms with Crippen LogP contribution < -0.4 is 5.32 Å². The van der Waals surface area contributed by atoms with Gasteiger partial charge in [-0.25, -0.2) is 15.0 Å². The summed E-state index contributed by atoms with van der Waals surface area (Å²) in [5.41, 5.74) is 2.71. The molecule has 0 saturated carbocycles. The first kappa shape index (κ1) is 20.2. The molecule has 0 aromatic carbocycles. The number of thiazole rings is 1. The first-order valence-corrected chi connectivity index (χ1v) is 10.9. The molecule has 9 heteroatoms. The van der Waals surface area contributed by atoms with Gasteiger partial charge in [0.25, 0.3) is 0 Å². The lowest BCUT2D eigenvalue weighted by Crippen LogP contribution is -2.38. The zero-order valence-electron chi connectivity index (χ0n) is 17.4. The topological polar surface area (TPSA) is 88.8 Å². The van der Waals surface area contributed by atoms with E-state index in [4.69, 9.17) is 4.98 Å². The Kier molecular flexibility index (Phi) is 5.89. The van der Waals surface area contributed by atoms with Crippen LogP contribution in [0.2, 0.25) is 0 Å². The monoisotopic (exact) mass is 423 g/mol. The Morgan fingerprint density at radius 2 is 2.10 bits per heavy atom. The van der Waals surface area contributed by atoms with Crippen molar-refractivity contribution in [1.82, 2.24) is 29.6 Å². The number of hydrogen-bond donors (Lipinski definition) is 1. The SMILES string of the molecule is Cc1cc(Nc2nc(C)cs2)nc(C2CCCCN2C(=O)/C=C/c2ccnn2C)n1. The normalized spacial score (nSPS) is 16.9. The van der Waals surface area contributed by atoms with Gasteiger partial charge in [-0.2, -0.15) is 5.10 Å². The van der Waals surface area contributed by atoms with E-state index in [-0.39, 0.29) is 11.9 Å². The van der Waals surface area contributed by atoms with Crippen molar-refractivity contribution in [2.75, 3.05) is 11.9 Å². The number of carbonyl (C=O) groups excluding carboxylic acids is 1. The summed E-state index contributed by atoms with van der Waals surface area (Å²) in [5, 5.41) is 10.2. The van der Waals surface area contributed by atoms with Gasteiger partial charge in [-0.15, -0.1) is 11.3 Å². The van der Waals surface area contributed by atoms with Crippen LogP contribution in [0.3, 0.4) is 0 Å². The fraction of sp³-hybridized carbons (Fsp3) is 0.381.